The summed E-state index contributed by atoms with van der Waals surface area (Å²) in [6.45, 7) is 1.78. The number of aliphatic hydroxyl groups is 1. The molecule has 2 aromatic rings. The smallest absolute Gasteiger partial charge is 0.165 e. The third kappa shape index (κ3) is 1.57. The minimum absolute atomic E-state index is 0.0595. The maximum Gasteiger partial charge on any atom is 0.165 e. The Hall–Kier alpha value is -1.95. The fourth-order valence-corrected chi connectivity index (χ4v) is 2.18. The van der Waals surface area contributed by atoms with Gasteiger partial charge in [-0.25, -0.2) is 15.0 Å². The van der Waals surface area contributed by atoms with Crippen LogP contribution in [0.4, 0.5) is 5.82 Å². The molecule has 0 spiro atoms. The van der Waals surface area contributed by atoms with Crippen molar-refractivity contribution in [2.24, 2.45) is 0 Å². The molecule has 3 N–H and O–H groups in total. The van der Waals surface area contributed by atoms with Crippen molar-refractivity contribution < 1.29 is 5.11 Å². The molecule has 2 atom stereocenters. The van der Waals surface area contributed by atoms with Crippen molar-refractivity contribution in [3.63, 3.8) is 0 Å². The molecule has 0 radical (unpaired) electrons. The van der Waals surface area contributed by atoms with Gasteiger partial charge in [0.25, 0.3) is 0 Å². The molecule has 0 fully saturated rings. The highest BCUT2D eigenvalue weighted by molar-refractivity contribution is 5.81. The number of imidazole rings is 1. The average molecular weight is 231 g/mol. The van der Waals surface area contributed by atoms with Gasteiger partial charge in [-0.05, 0) is 6.92 Å². The summed E-state index contributed by atoms with van der Waals surface area (Å²) in [5.41, 5.74) is 6.27. The van der Waals surface area contributed by atoms with Crippen LogP contribution in [0.25, 0.3) is 11.2 Å². The largest absolute Gasteiger partial charge is 0.386 e. The zero-order valence-corrected chi connectivity index (χ0v) is 9.41. The Balaban J connectivity index is 2.08. The van der Waals surface area contributed by atoms with Crippen molar-refractivity contribution in [2.45, 2.75) is 25.0 Å². The lowest BCUT2D eigenvalue weighted by Crippen LogP contribution is -2.19. The Kier molecular flexibility index (Phi) is 1.97. The lowest BCUT2D eigenvalue weighted by Gasteiger charge is -2.17. The summed E-state index contributed by atoms with van der Waals surface area (Å²) in [5.74, 6) is 0.377. The van der Waals surface area contributed by atoms with E-state index in [-0.39, 0.29) is 6.04 Å². The number of hydrogen-bond acceptors (Lipinski definition) is 5. The molecule has 0 bridgehead atoms. The van der Waals surface area contributed by atoms with Gasteiger partial charge in [-0.1, -0.05) is 12.2 Å². The van der Waals surface area contributed by atoms with Crippen molar-refractivity contribution >= 4 is 17.0 Å². The lowest BCUT2D eigenvalue weighted by atomic mass is 10.1. The molecule has 0 amide bonds. The van der Waals surface area contributed by atoms with E-state index in [1.807, 2.05) is 10.6 Å². The highest BCUT2D eigenvalue weighted by Gasteiger charge is 2.29. The standard InChI is InChI=1S/C11H13N5O/c1-11(17)3-2-7(4-11)16-6-15-8-9(12)13-5-14-10(8)16/h2-3,5-7,17H,4H2,1H3,(H2,12,13,14)/t7-,11+/m0/s1. The van der Waals surface area contributed by atoms with Gasteiger partial charge in [0.1, 0.15) is 11.8 Å². The molecule has 1 aliphatic carbocycles. The Labute approximate surface area is 97.8 Å². The highest BCUT2D eigenvalue weighted by Crippen LogP contribution is 2.32. The maximum atomic E-state index is 9.91. The molecule has 3 rings (SSSR count). The number of allylic oxidation sites excluding steroid dienone is 1. The Bertz CT molecular complexity index is 601. The van der Waals surface area contributed by atoms with Gasteiger partial charge >= 0.3 is 0 Å². The summed E-state index contributed by atoms with van der Waals surface area (Å²) >= 11 is 0. The van der Waals surface area contributed by atoms with E-state index in [0.29, 0.717) is 23.4 Å². The number of aromatic nitrogens is 4. The maximum absolute atomic E-state index is 9.91. The van der Waals surface area contributed by atoms with Gasteiger partial charge in [-0.3, -0.25) is 0 Å². The number of nitrogen functional groups attached to an aromatic ring is 1. The molecule has 88 valence electrons. The van der Waals surface area contributed by atoms with Crippen LogP contribution in [-0.4, -0.2) is 30.2 Å². The topological polar surface area (TPSA) is 89.8 Å². The highest BCUT2D eigenvalue weighted by atomic mass is 16.3. The van der Waals surface area contributed by atoms with Crippen LogP contribution >= 0.6 is 0 Å². The van der Waals surface area contributed by atoms with Gasteiger partial charge in [-0.2, -0.15) is 0 Å². The number of nitrogens with zero attached hydrogens (tertiary/aromatic N) is 4. The van der Waals surface area contributed by atoms with E-state index in [2.05, 4.69) is 15.0 Å². The van der Waals surface area contributed by atoms with Crippen LogP contribution in [0.2, 0.25) is 0 Å². The first-order chi connectivity index (χ1) is 8.07. The zero-order chi connectivity index (χ0) is 12.0. The van der Waals surface area contributed by atoms with Crippen LogP contribution in [0.1, 0.15) is 19.4 Å². The first kappa shape index (κ1) is 10.2. The van der Waals surface area contributed by atoms with E-state index in [4.69, 9.17) is 5.73 Å². The van der Waals surface area contributed by atoms with Gasteiger partial charge in [0.05, 0.1) is 18.0 Å². The van der Waals surface area contributed by atoms with Gasteiger partial charge < -0.3 is 15.4 Å². The first-order valence-electron chi connectivity index (χ1n) is 5.41. The van der Waals surface area contributed by atoms with Gasteiger partial charge in [0, 0.05) is 6.42 Å². The number of hydrogen-bond donors (Lipinski definition) is 2. The molecular formula is C11H13N5O. The summed E-state index contributed by atoms with van der Waals surface area (Å²) in [7, 11) is 0. The van der Waals surface area contributed by atoms with Gasteiger partial charge in [0.15, 0.2) is 11.5 Å². The summed E-state index contributed by atoms with van der Waals surface area (Å²) in [4.78, 5) is 12.3. The van der Waals surface area contributed by atoms with E-state index >= 15 is 0 Å². The van der Waals surface area contributed by atoms with Crippen LogP contribution < -0.4 is 5.73 Å². The Morgan fingerprint density at radius 3 is 3.00 bits per heavy atom. The molecule has 2 aromatic heterocycles. The van der Waals surface area contributed by atoms with Crippen LogP contribution in [0, 0.1) is 0 Å². The predicted octanol–water partition coefficient (Wildman–Crippen LogP) is 0.660. The third-order valence-electron chi connectivity index (χ3n) is 3.04. The number of anilines is 1. The van der Waals surface area contributed by atoms with Crippen molar-refractivity contribution in [3.05, 3.63) is 24.8 Å². The molecule has 6 nitrogen and oxygen atoms in total. The number of fused-ring (bicyclic) bond motifs is 1. The molecule has 0 unspecified atom stereocenters. The predicted molar refractivity (Wildman–Crippen MR) is 63.2 cm³/mol. The fourth-order valence-electron chi connectivity index (χ4n) is 2.18. The molecular weight excluding hydrogens is 218 g/mol. The molecule has 0 aliphatic heterocycles. The minimum Gasteiger partial charge on any atom is -0.386 e. The molecule has 2 heterocycles. The molecule has 0 saturated heterocycles. The molecule has 6 heteroatoms. The summed E-state index contributed by atoms with van der Waals surface area (Å²) in [6, 6.07) is 0.0595. The quantitative estimate of drug-likeness (QED) is 0.704. The molecule has 0 saturated carbocycles. The van der Waals surface area contributed by atoms with Crippen molar-refractivity contribution in [1.82, 2.24) is 19.5 Å². The zero-order valence-electron chi connectivity index (χ0n) is 9.41. The van der Waals surface area contributed by atoms with Crippen LogP contribution in [0.3, 0.4) is 0 Å². The van der Waals surface area contributed by atoms with Crippen molar-refractivity contribution in [2.75, 3.05) is 5.73 Å². The van der Waals surface area contributed by atoms with Crippen LogP contribution in [0.5, 0.6) is 0 Å². The van der Waals surface area contributed by atoms with E-state index in [1.165, 1.54) is 6.33 Å². The molecule has 1 aliphatic rings. The van der Waals surface area contributed by atoms with E-state index < -0.39 is 5.60 Å². The van der Waals surface area contributed by atoms with Crippen molar-refractivity contribution in [3.8, 4) is 0 Å². The molecule has 17 heavy (non-hydrogen) atoms. The number of nitrogens with two attached hydrogens (primary N) is 1. The van der Waals surface area contributed by atoms with Gasteiger partial charge in [-0.15, -0.1) is 0 Å². The fraction of sp³-hybridized carbons (Fsp3) is 0.364. The summed E-state index contributed by atoms with van der Waals surface area (Å²) in [6.07, 6.45) is 7.48. The second kappa shape index (κ2) is 3.27. The Morgan fingerprint density at radius 2 is 2.29 bits per heavy atom. The second-order valence-corrected chi connectivity index (χ2v) is 4.57. The van der Waals surface area contributed by atoms with E-state index in [1.54, 1.807) is 19.3 Å². The Morgan fingerprint density at radius 1 is 1.47 bits per heavy atom. The van der Waals surface area contributed by atoms with E-state index in [9.17, 15) is 5.11 Å². The SMILES string of the molecule is C[C@@]1(O)C=C[C@H](n2cnc3c(N)ncnc32)C1. The average Bonchev–Trinajstić information content (AvgIpc) is 2.82. The summed E-state index contributed by atoms with van der Waals surface area (Å²) < 4.78 is 1.91. The molecule has 0 aromatic carbocycles. The minimum atomic E-state index is -0.764. The van der Waals surface area contributed by atoms with Gasteiger partial charge in [0.2, 0.25) is 0 Å². The van der Waals surface area contributed by atoms with E-state index in [0.717, 1.165) is 0 Å². The van der Waals surface area contributed by atoms with Crippen LogP contribution in [-0.2, 0) is 0 Å². The first-order valence-corrected chi connectivity index (χ1v) is 5.41. The third-order valence-corrected chi connectivity index (χ3v) is 3.04. The van der Waals surface area contributed by atoms with Crippen molar-refractivity contribution in [1.29, 1.82) is 0 Å². The second-order valence-electron chi connectivity index (χ2n) is 4.57. The van der Waals surface area contributed by atoms with Crippen LogP contribution in [0.15, 0.2) is 24.8 Å². The normalized spacial score (nSPS) is 28.0. The number of rotatable bonds is 1. The summed E-state index contributed by atoms with van der Waals surface area (Å²) in [5, 5.41) is 9.91. The monoisotopic (exact) mass is 231 g/mol. The lowest BCUT2D eigenvalue weighted by molar-refractivity contribution is 0.103.